The quantitative estimate of drug-likeness (QED) is 0.714. The second kappa shape index (κ2) is 9.28. The van der Waals surface area contributed by atoms with Crippen molar-refractivity contribution < 1.29 is 17.9 Å². The zero-order chi connectivity index (χ0) is 21.9. The summed E-state index contributed by atoms with van der Waals surface area (Å²) in [6.45, 7) is 2.09. The van der Waals surface area contributed by atoms with Gasteiger partial charge in [-0.25, -0.2) is 8.42 Å². The van der Waals surface area contributed by atoms with Crippen molar-refractivity contribution in [2.75, 3.05) is 26.3 Å². The summed E-state index contributed by atoms with van der Waals surface area (Å²) in [5, 5.41) is 3.54. The van der Waals surface area contributed by atoms with Crippen LogP contribution in [-0.4, -0.2) is 51.0 Å². The van der Waals surface area contributed by atoms with Crippen molar-refractivity contribution in [2.24, 2.45) is 0 Å². The van der Waals surface area contributed by atoms with E-state index in [2.05, 4.69) is 17.4 Å². The van der Waals surface area contributed by atoms with Crippen LogP contribution < -0.4 is 5.32 Å². The van der Waals surface area contributed by atoms with E-state index in [4.69, 9.17) is 16.3 Å². The van der Waals surface area contributed by atoms with Gasteiger partial charge in [0.25, 0.3) is 0 Å². The molecule has 0 bridgehead atoms. The molecule has 166 valence electrons. The first-order valence-electron chi connectivity index (χ1n) is 10.6. The number of hydrogen-bond donors (Lipinski definition) is 1. The Kier molecular flexibility index (Phi) is 6.67. The van der Waals surface area contributed by atoms with Crippen molar-refractivity contribution >= 4 is 27.5 Å². The van der Waals surface area contributed by atoms with Crippen molar-refractivity contribution in [3.8, 4) is 0 Å². The second-order valence-corrected chi connectivity index (χ2v) is 10.5. The first kappa shape index (κ1) is 22.3. The third-order valence-corrected chi connectivity index (χ3v) is 8.54. The Morgan fingerprint density at radius 3 is 2.45 bits per heavy atom. The summed E-state index contributed by atoms with van der Waals surface area (Å²) in [6.07, 6.45) is 2.80. The average Bonchev–Trinajstić information content (AvgIpc) is 3.30. The third kappa shape index (κ3) is 4.65. The Bertz CT molecular complexity index is 1010. The summed E-state index contributed by atoms with van der Waals surface area (Å²) in [4.78, 5) is 13.3. The SMILES string of the molecule is O=C(NCC1(c2ccccc2)CCOCC1)C1CCCN1S(=O)(=O)c1ccc(Cl)cc1. The van der Waals surface area contributed by atoms with E-state index in [1.807, 2.05) is 18.2 Å². The van der Waals surface area contributed by atoms with Crippen LogP contribution in [0.4, 0.5) is 0 Å². The standard InChI is InChI=1S/C23H27ClN2O4S/c24-19-8-10-20(11-9-19)31(28,29)26-14-4-7-21(26)22(27)25-17-23(12-15-30-16-13-23)18-5-2-1-3-6-18/h1-3,5-6,8-11,21H,4,7,12-17H2,(H,25,27). The third-order valence-electron chi connectivity index (χ3n) is 6.36. The number of rotatable bonds is 6. The van der Waals surface area contributed by atoms with Gasteiger partial charge in [0.15, 0.2) is 0 Å². The minimum absolute atomic E-state index is 0.154. The molecule has 4 rings (SSSR count). The van der Waals surface area contributed by atoms with Gasteiger partial charge in [0, 0.05) is 36.7 Å². The molecule has 2 fully saturated rings. The lowest BCUT2D eigenvalue weighted by molar-refractivity contribution is -0.124. The summed E-state index contributed by atoms with van der Waals surface area (Å²) >= 11 is 5.90. The van der Waals surface area contributed by atoms with Gasteiger partial charge < -0.3 is 10.1 Å². The molecule has 0 spiro atoms. The van der Waals surface area contributed by atoms with Crippen molar-refractivity contribution in [3.63, 3.8) is 0 Å². The van der Waals surface area contributed by atoms with E-state index >= 15 is 0 Å². The van der Waals surface area contributed by atoms with Gasteiger partial charge in [-0.2, -0.15) is 4.31 Å². The summed E-state index contributed by atoms with van der Waals surface area (Å²) in [6, 6.07) is 15.5. The van der Waals surface area contributed by atoms with Crippen LogP contribution in [0.3, 0.4) is 0 Å². The molecule has 2 aliphatic heterocycles. The Morgan fingerprint density at radius 2 is 1.77 bits per heavy atom. The van der Waals surface area contributed by atoms with Gasteiger partial charge in [-0.1, -0.05) is 41.9 Å². The molecule has 6 nitrogen and oxygen atoms in total. The molecule has 1 unspecified atom stereocenters. The van der Waals surface area contributed by atoms with Gasteiger partial charge in [-0.05, 0) is 55.5 Å². The summed E-state index contributed by atoms with van der Waals surface area (Å²) in [7, 11) is -3.77. The summed E-state index contributed by atoms with van der Waals surface area (Å²) in [5.41, 5.74) is 0.976. The minimum atomic E-state index is -3.77. The zero-order valence-electron chi connectivity index (χ0n) is 17.3. The van der Waals surface area contributed by atoms with Crippen molar-refractivity contribution in [2.45, 2.75) is 42.0 Å². The highest BCUT2D eigenvalue weighted by Crippen LogP contribution is 2.34. The molecule has 0 aliphatic carbocycles. The van der Waals surface area contributed by atoms with Crippen LogP contribution in [0.1, 0.15) is 31.2 Å². The van der Waals surface area contributed by atoms with Crippen LogP contribution in [0.15, 0.2) is 59.5 Å². The Hall–Kier alpha value is -1.93. The first-order valence-corrected chi connectivity index (χ1v) is 12.4. The Labute approximate surface area is 188 Å². The van der Waals surface area contributed by atoms with Gasteiger partial charge in [-0.3, -0.25) is 4.79 Å². The highest BCUT2D eigenvalue weighted by molar-refractivity contribution is 7.89. The fourth-order valence-corrected chi connectivity index (χ4v) is 6.31. The van der Waals surface area contributed by atoms with E-state index in [9.17, 15) is 13.2 Å². The molecule has 2 aliphatic rings. The lowest BCUT2D eigenvalue weighted by Gasteiger charge is -2.38. The topological polar surface area (TPSA) is 75.7 Å². The van der Waals surface area contributed by atoms with Crippen LogP contribution in [0, 0.1) is 0 Å². The van der Waals surface area contributed by atoms with Crippen LogP contribution in [0.2, 0.25) is 5.02 Å². The predicted octanol–water partition coefficient (Wildman–Crippen LogP) is 3.36. The number of benzene rings is 2. The van der Waals surface area contributed by atoms with Crippen molar-refractivity contribution in [1.29, 1.82) is 0 Å². The molecule has 2 saturated heterocycles. The van der Waals surface area contributed by atoms with E-state index in [1.165, 1.54) is 22.0 Å². The molecule has 1 N–H and O–H groups in total. The minimum Gasteiger partial charge on any atom is -0.381 e. The van der Waals surface area contributed by atoms with Gasteiger partial charge in [-0.15, -0.1) is 0 Å². The highest BCUT2D eigenvalue weighted by Gasteiger charge is 2.41. The van der Waals surface area contributed by atoms with Gasteiger partial charge in [0.2, 0.25) is 15.9 Å². The Balaban J connectivity index is 1.50. The zero-order valence-corrected chi connectivity index (χ0v) is 18.9. The molecule has 0 saturated carbocycles. The number of carbonyl (C=O) groups is 1. The normalized spacial score (nSPS) is 21.6. The van der Waals surface area contributed by atoms with E-state index in [0.29, 0.717) is 44.2 Å². The van der Waals surface area contributed by atoms with Crippen LogP contribution >= 0.6 is 11.6 Å². The highest BCUT2D eigenvalue weighted by atomic mass is 35.5. The average molecular weight is 463 g/mol. The fourth-order valence-electron chi connectivity index (χ4n) is 4.53. The fraction of sp³-hybridized carbons (Fsp3) is 0.435. The smallest absolute Gasteiger partial charge is 0.243 e. The number of nitrogens with one attached hydrogen (secondary N) is 1. The lowest BCUT2D eigenvalue weighted by Crippen LogP contribution is -2.50. The van der Waals surface area contributed by atoms with E-state index < -0.39 is 16.1 Å². The van der Waals surface area contributed by atoms with Crippen molar-refractivity contribution in [3.05, 3.63) is 65.2 Å². The monoisotopic (exact) mass is 462 g/mol. The molecular formula is C23H27ClN2O4S. The number of carbonyl (C=O) groups excluding carboxylic acids is 1. The van der Waals surface area contributed by atoms with Crippen molar-refractivity contribution in [1.82, 2.24) is 9.62 Å². The molecule has 2 heterocycles. The van der Waals surface area contributed by atoms with Crippen LogP contribution in [0.25, 0.3) is 0 Å². The number of nitrogens with zero attached hydrogens (tertiary/aromatic N) is 1. The molecule has 8 heteroatoms. The Morgan fingerprint density at radius 1 is 1.10 bits per heavy atom. The molecular weight excluding hydrogens is 436 g/mol. The summed E-state index contributed by atoms with van der Waals surface area (Å²) in [5.74, 6) is -0.239. The van der Waals surface area contributed by atoms with E-state index in [0.717, 1.165) is 12.8 Å². The largest absolute Gasteiger partial charge is 0.381 e. The summed E-state index contributed by atoms with van der Waals surface area (Å²) < 4.78 is 33.2. The van der Waals surface area contributed by atoms with E-state index in [-0.39, 0.29) is 16.2 Å². The van der Waals surface area contributed by atoms with Gasteiger partial charge in [0.1, 0.15) is 6.04 Å². The second-order valence-electron chi connectivity index (χ2n) is 8.20. The van der Waals surface area contributed by atoms with Crippen LogP contribution in [0.5, 0.6) is 0 Å². The molecule has 0 radical (unpaired) electrons. The number of hydrogen-bond acceptors (Lipinski definition) is 4. The van der Waals surface area contributed by atoms with Gasteiger partial charge in [0.05, 0.1) is 4.90 Å². The van der Waals surface area contributed by atoms with Crippen LogP contribution in [-0.2, 0) is 25.0 Å². The number of halogens is 1. The molecule has 1 atom stereocenters. The molecule has 2 aromatic carbocycles. The maximum absolute atomic E-state index is 13.1. The predicted molar refractivity (Wildman–Crippen MR) is 120 cm³/mol. The molecule has 2 aromatic rings. The molecule has 1 amide bonds. The number of amides is 1. The molecule has 31 heavy (non-hydrogen) atoms. The maximum Gasteiger partial charge on any atom is 0.243 e. The molecule has 0 aromatic heterocycles. The van der Waals surface area contributed by atoms with E-state index in [1.54, 1.807) is 12.1 Å². The lowest BCUT2D eigenvalue weighted by atomic mass is 9.74. The number of sulfonamides is 1. The van der Waals surface area contributed by atoms with Gasteiger partial charge >= 0.3 is 0 Å². The maximum atomic E-state index is 13.1. The first-order chi connectivity index (χ1) is 14.9. The number of ether oxygens (including phenoxy) is 1.